The molecule has 116 valence electrons. The van der Waals surface area contributed by atoms with E-state index < -0.39 is 0 Å². The Hall–Kier alpha value is -2.89. The van der Waals surface area contributed by atoms with Crippen molar-refractivity contribution in [2.45, 2.75) is 13.5 Å². The van der Waals surface area contributed by atoms with Crippen LogP contribution in [-0.4, -0.2) is 31.3 Å². The summed E-state index contributed by atoms with van der Waals surface area (Å²) in [6.07, 6.45) is 5.52. The van der Waals surface area contributed by atoms with Gasteiger partial charge < -0.3 is 9.88 Å². The molecule has 0 bridgehead atoms. The Morgan fingerprint density at radius 1 is 1.17 bits per heavy atom. The first kappa shape index (κ1) is 13.8. The minimum atomic E-state index is 0.793. The van der Waals surface area contributed by atoms with Crippen LogP contribution in [-0.2, 0) is 13.6 Å². The number of hydrogen-bond donors (Lipinski definition) is 1. The third-order valence-electron chi connectivity index (χ3n) is 4.23. The molecule has 0 aliphatic rings. The van der Waals surface area contributed by atoms with Crippen LogP contribution in [0.4, 0.5) is 5.82 Å². The summed E-state index contributed by atoms with van der Waals surface area (Å²) in [6, 6.07) is 8.36. The highest BCUT2D eigenvalue weighted by atomic mass is 15.3. The zero-order valence-electron chi connectivity index (χ0n) is 13.2. The van der Waals surface area contributed by atoms with Crippen molar-refractivity contribution in [3.8, 4) is 0 Å². The minimum absolute atomic E-state index is 0.793. The molecule has 0 aliphatic carbocycles. The molecule has 4 rings (SSSR count). The number of aromatic nitrogens is 5. The molecule has 0 aliphatic heterocycles. The standard InChI is InChI=1S/C17H18N6/c1-3-23(10-12-8-18-15-7-5-4-6-13(12)15)17-14-9-21-22(2)16(14)19-11-20-17/h4-9,11,18H,3,10H2,1-2H3. The topological polar surface area (TPSA) is 62.6 Å². The number of nitrogens with zero attached hydrogens (tertiary/aromatic N) is 5. The second kappa shape index (κ2) is 5.39. The van der Waals surface area contributed by atoms with Crippen LogP contribution in [0.25, 0.3) is 21.9 Å². The van der Waals surface area contributed by atoms with Gasteiger partial charge in [-0.3, -0.25) is 4.68 Å². The number of aryl methyl sites for hydroxylation is 1. The molecular weight excluding hydrogens is 288 g/mol. The lowest BCUT2D eigenvalue weighted by atomic mass is 10.1. The van der Waals surface area contributed by atoms with Gasteiger partial charge in [-0.25, -0.2) is 9.97 Å². The van der Waals surface area contributed by atoms with Crippen molar-refractivity contribution in [3.63, 3.8) is 0 Å². The summed E-state index contributed by atoms with van der Waals surface area (Å²) in [5.41, 5.74) is 3.28. The molecule has 6 heteroatoms. The van der Waals surface area contributed by atoms with Gasteiger partial charge in [-0.05, 0) is 18.6 Å². The lowest BCUT2D eigenvalue weighted by Gasteiger charge is -2.22. The van der Waals surface area contributed by atoms with Gasteiger partial charge in [0.25, 0.3) is 0 Å². The second-order valence-electron chi connectivity index (χ2n) is 5.58. The van der Waals surface area contributed by atoms with E-state index >= 15 is 0 Å². The van der Waals surface area contributed by atoms with Crippen LogP contribution in [0.5, 0.6) is 0 Å². The Balaban J connectivity index is 1.76. The number of H-pyrrole nitrogens is 1. The lowest BCUT2D eigenvalue weighted by molar-refractivity contribution is 0.783. The summed E-state index contributed by atoms with van der Waals surface area (Å²) in [7, 11) is 1.90. The first-order chi connectivity index (χ1) is 11.3. The molecule has 0 amide bonds. The van der Waals surface area contributed by atoms with Crippen LogP contribution in [0.2, 0.25) is 0 Å². The molecule has 0 fully saturated rings. The van der Waals surface area contributed by atoms with Gasteiger partial charge in [-0.2, -0.15) is 5.10 Å². The van der Waals surface area contributed by atoms with Crippen molar-refractivity contribution in [3.05, 3.63) is 48.5 Å². The van der Waals surface area contributed by atoms with Crippen molar-refractivity contribution >= 4 is 27.8 Å². The van der Waals surface area contributed by atoms with E-state index in [1.807, 2.05) is 19.3 Å². The normalized spacial score (nSPS) is 11.4. The maximum absolute atomic E-state index is 4.50. The van der Waals surface area contributed by atoms with Crippen LogP contribution in [0.15, 0.2) is 43.0 Å². The zero-order chi connectivity index (χ0) is 15.8. The predicted molar refractivity (Wildman–Crippen MR) is 91.3 cm³/mol. The Morgan fingerprint density at radius 2 is 2.04 bits per heavy atom. The highest BCUT2D eigenvalue weighted by Gasteiger charge is 2.15. The third-order valence-corrected chi connectivity index (χ3v) is 4.23. The molecule has 0 spiro atoms. The molecule has 3 heterocycles. The summed E-state index contributed by atoms with van der Waals surface area (Å²) in [4.78, 5) is 14.4. The van der Waals surface area contributed by atoms with E-state index in [2.05, 4.69) is 56.3 Å². The maximum Gasteiger partial charge on any atom is 0.163 e. The number of aromatic amines is 1. The summed E-state index contributed by atoms with van der Waals surface area (Å²) in [5, 5.41) is 6.54. The summed E-state index contributed by atoms with van der Waals surface area (Å²) in [5.74, 6) is 0.927. The second-order valence-corrected chi connectivity index (χ2v) is 5.58. The van der Waals surface area contributed by atoms with Crippen molar-refractivity contribution < 1.29 is 0 Å². The summed E-state index contributed by atoms with van der Waals surface area (Å²) in [6.45, 7) is 3.79. The average Bonchev–Trinajstić information content (AvgIpc) is 3.17. The van der Waals surface area contributed by atoms with Gasteiger partial charge in [-0.15, -0.1) is 0 Å². The van der Waals surface area contributed by atoms with Gasteiger partial charge in [-0.1, -0.05) is 18.2 Å². The van der Waals surface area contributed by atoms with Gasteiger partial charge in [0.1, 0.15) is 12.1 Å². The Morgan fingerprint density at radius 3 is 2.91 bits per heavy atom. The summed E-state index contributed by atoms with van der Waals surface area (Å²) >= 11 is 0. The first-order valence-electron chi connectivity index (χ1n) is 7.70. The number of fused-ring (bicyclic) bond motifs is 2. The number of nitrogens with one attached hydrogen (secondary N) is 1. The molecule has 0 radical (unpaired) electrons. The monoisotopic (exact) mass is 306 g/mol. The quantitative estimate of drug-likeness (QED) is 0.630. The van der Waals surface area contributed by atoms with Crippen LogP contribution in [0, 0.1) is 0 Å². The molecule has 0 atom stereocenters. The zero-order valence-corrected chi connectivity index (χ0v) is 13.2. The van der Waals surface area contributed by atoms with Gasteiger partial charge >= 0.3 is 0 Å². The van der Waals surface area contributed by atoms with Crippen LogP contribution in [0.3, 0.4) is 0 Å². The highest BCUT2D eigenvalue weighted by molar-refractivity contribution is 5.87. The third kappa shape index (κ3) is 2.23. The Bertz CT molecular complexity index is 967. The fraction of sp³-hybridized carbons (Fsp3) is 0.235. The van der Waals surface area contributed by atoms with Crippen molar-refractivity contribution in [2.24, 2.45) is 7.05 Å². The minimum Gasteiger partial charge on any atom is -0.361 e. The average molecular weight is 306 g/mol. The molecule has 3 aromatic heterocycles. The van der Waals surface area contributed by atoms with Crippen LogP contribution < -0.4 is 4.90 Å². The number of para-hydroxylation sites is 1. The molecule has 0 unspecified atom stereocenters. The van der Waals surface area contributed by atoms with E-state index in [-0.39, 0.29) is 0 Å². The predicted octanol–water partition coefficient (Wildman–Crippen LogP) is 2.87. The number of benzene rings is 1. The maximum atomic E-state index is 4.50. The van der Waals surface area contributed by atoms with E-state index in [0.717, 1.165) is 35.5 Å². The first-order valence-corrected chi connectivity index (χ1v) is 7.70. The van der Waals surface area contributed by atoms with Crippen molar-refractivity contribution in [1.82, 2.24) is 24.7 Å². The summed E-state index contributed by atoms with van der Waals surface area (Å²) < 4.78 is 1.78. The number of rotatable bonds is 4. The van der Waals surface area contributed by atoms with E-state index in [9.17, 15) is 0 Å². The van der Waals surface area contributed by atoms with E-state index in [4.69, 9.17) is 0 Å². The van der Waals surface area contributed by atoms with E-state index in [0.29, 0.717) is 0 Å². The van der Waals surface area contributed by atoms with Crippen molar-refractivity contribution in [1.29, 1.82) is 0 Å². The molecule has 6 nitrogen and oxygen atoms in total. The van der Waals surface area contributed by atoms with Gasteiger partial charge in [0.2, 0.25) is 0 Å². The van der Waals surface area contributed by atoms with E-state index in [1.165, 1.54) is 10.9 Å². The smallest absolute Gasteiger partial charge is 0.163 e. The van der Waals surface area contributed by atoms with Crippen molar-refractivity contribution in [2.75, 3.05) is 11.4 Å². The fourth-order valence-electron chi connectivity index (χ4n) is 3.01. The molecule has 4 aromatic rings. The SMILES string of the molecule is CCN(Cc1c[nH]c2ccccc12)c1ncnc2c1cnn2C. The largest absolute Gasteiger partial charge is 0.361 e. The van der Waals surface area contributed by atoms with Gasteiger partial charge in [0, 0.05) is 37.2 Å². The number of hydrogen-bond acceptors (Lipinski definition) is 4. The molecule has 23 heavy (non-hydrogen) atoms. The fourth-order valence-corrected chi connectivity index (χ4v) is 3.01. The molecule has 1 aromatic carbocycles. The highest BCUT2D eigenvalue weighted by Crippen LogP contribution is 2.26. The molecule has 0 saturated heterocycles. The molecule has 1 N–H and O–H groups in total. The molecule has 0 saturated carbocycles. The Kier molecular flexibility index (Phi) is 3.22. The van der Waals surface area contributed by atoms with Gasteiger partial charge in [0.15, 0.2) is 5.65 Å². The van der Waals surface area contributed by atoms with E-state index in [1.54, 1.807) is 11.0 Å². The van der Waals surface area contributed by atoms with Crippen LogP contribution >= 0.6 is 0 Å². The Labute approximate surface area is 133 Å². The number of anilines is 1. The van der Waals surface area contributed by atoms with Gasteiger partial charge in [0.05, 0.1) is 11.6 Å². The van der Waals surface area contributed by atoms with Crippen LogP contribution in [0.1, 0.15) is 12.5 Å². The molecular formula is C17H18N6. The lowest BCUT2D eigenvalue weighted by Crippen LogP contribution is -2.23.